The Morgan fingerprint density at radius 1 is 0.375 bits per heavy atom. The van der Waals surface area contributed by atoms with Gasteiger partial charge >= 0.3 is 11.9 Å². The van der Waals surface area contributed by atoms with Crippen LogP contribution < -0.4 is 9.80 Å². The number of hydrogen-bond donors (Lipinski definition) is 0. The largest absolute Gasteiger partial charge is 0.465 e. The third-order valence-corrected chi connectivity index (χ3v) is 10.4. The Bertz CT molecular complexity index is 1880. The molecular weight excluding hydrogens is 693 g/mol. The molecule has 0 bridgehead atoms. The van der Waals surface area contributed by atoms with Crippen LogP contribution in [0.4, 0.5) is 34.1 Å². The Kier molecular flexibility index (Phi) is 11.7. The van der Waals surface area contributed by atoms with Gasteiger partial charge in [-0.25, -0.2) is 9.59 Å². The summed E-state index contributed by atoms with van der Waals surface area (Å²) in [6.45, 7) is 26.4. The smallest absolute Gasteiger partial charge is 0.338 e. The zero-order valence-electron chi connectivity index (χ0n) is 35.9. The molecule has 0 unspecified atom stereocenters. The van der Waals surface area contributed by atoms with E-state index >= 15 is 0 Å². The summed E-state index contributed by atoms with van der Waals surface area (Å²) in [6, 6.07) is 37.7. The second-order valence-electron chi connectivity index (χ2n) is 18.7. The Morgan fingerprint density at radius 3 is 0.732 bits per heavy atom. The molecule has 0 N–H and O–H groups in total. The van der Waals surface area contributed by atoms with Crippen molar-refractivity contribution >= 4 is 46.1 Å². The maximum Gasteiger partial charge on any atom is 0.338 e. The highest BCUT2D eigenvalue weighted by Crippen LogP contribution is 2.48. The van der Waals surface area contributed by atoms with Crippen LogP contribution in [0, 0.1) is 0 Å². The number of carbonyl (C=O) groups excluding carboxylic acids is 2. The fourth-order valence-corrected chi connectivity index (χ4v) is 6.79. The second-order valence-corrected chi connectivity index (χ2v) is 18.7. The molecule has 0 radical (unpaired) electrons. The summed E-state index contributed by atoms with van der Waals surface area (Å²) in [5.74, 6) is -1.28. The molecule has 0 atom stereocenters. The van der Waals surface area contributed by atoms with Gasteiger partial charge in [0.15, 0.2) is 0 Å². The van der Waals surface area contributed by atoms with Crippen LogP contribution in [0.5, 0.6) is 0 Å². The Morgan fingerprint density at radius 2 is 0.571 bits per heavy atom. The zero-order valence-corrected chi connectivity index (χ0v) is 35.9. The van der Waals surface area contributed by atoms with Crippen LogP contribution in [0.1, 0.15) is 126 Å². The third-order valence-electron chi connectivity index (χ3n) is 10.4. The van der Waals surface area contributed by atoms with Gasteiger partial charge in [0, 0.05) is 22.7 Å². The van der Waals surface area contributed by atoms with Gasteiger partial charge in [-0.05, 0) is 105 Å². The van der Waals surface area contributed by atoms with Gasteiger partial charge in [-0.15, -0.1) is 0 Å². The summed E-state index contributed by atoms with van der Waals surface area (Å²) < 4.78 is 10.6. The Labute approximate surface area is 335 Å². The van der Waals surface area contributed by atoms with Crippen LogP contribution in [-0.4, -0.2) is 26.2 Å². The molecule has 0 aliphatic carbocycles. The van der Waals surface area contributed by atoms with Gasteiger partial charge in [0.2, 0.25) is 0 Å². The van der Waals surface area contributed by atoms with Crippen molar-refractivity contribution in [3.05, 3.63) is 143 Å². The van der Waals surface area contributed by atoms with Crippen LogP contribution in [0.25, 0.3) is 0 Å². The highest BCUT2D eigenvalue weighted by molar-refractivity contribution is 6.07. The van der Waals surface area contributed by atoms with Crippen LogP contribution in [0.3, 0.4) is 0 Å². The molecule has 0 fully saturated rings. The van der Waals surface area contributed by atoms with Gasteiger partial charge in [0.05, 0.1) is 36.7 Å². The molecule has 294 valence electrons. The summed E-state index contributed by atoms with van der Waals surface area (Å²) in [7, 11) is 2.65. The lowest BCUT2D eigenvalue weighted by molar-refractivity contribution is 0.0555. The average Bonchev–Trinajstić information content (AvgIpc) is 3.14. The monoisotopic (exact) mass is 752 g/mol. The third kappa shape index (κ3) is 9.02. The molecule has 5 rings (SSSR count). The van der Waals surface area contributed by atoms with E-state index in [4.69, 9.17) is 9.47 Å². The van der Waals surface area contributed by atoms with Crippen molar-refractivity contribution in [3.63, 3.8) is 0 Å². The number of rotatable bonds is 8. The lowest BCUT2D eigenvalue weighted by atomic mass is 9.86. The van der Waals surface area contributed by atoms with E-state index in [1.165, 1.54) is 36.5 Å². The lowest BCUT2D eigenvalue weighted by Gasteiger charge is -2.35. The van der Waals surface area contributed by atoms with E-state index in [-0.39, 0.29) is 32.8 Å². The summed E-state index contributed by atoms with van der Waals surface area (Å²) in [5.41, 5.74) is 9.64. The SMILES string of the molecule is COC(=O)c1cc(N(c2ccc(C(C)(C)C)cc2)c2ccc(C(C)(C)C)cc2)c(N(c2ccc(C(C)(C)C)cc2)c2ccc(C(C)(C)C)cc2)cc1C(=O)OC. The van der Waals surface area contributed by atoms with Crippen molar-refractivity contribution in [2.75, 3.05) is 24.0 Å². The Balaban J connectivity index is 1.93. The van der Waals surface area contributed by atoms with E-state index in [1.54, 1.807) is 12.1 Å². The maximum atomic E-state index is 13.6. The van der Waals surface area contributed by atoms with Gasteiger partial charge in [0.1, 0.15) is 0 Å². The number of esters is 2. The van der Waals surface area contributed by atoms with Crippen LogP contribution >= 0.6 is 0 Å². The standard InChI is InChI=1S/C50H60N2O4/c1-47(2,3)33-15-23-37(24-16-33)51(38-25-17-34(18-26-38)48(4,5)6)43-31-41(45(53)55-13)42(46(54)56-14)32-44(43)52(39-27-19-35(20-28-39)49(7,8)9)40-29-21-36(22-30-40)50(10,11)12/h15-32H,1-14H3. The summed E-state index contributed by atoms with van der Waals surface area (Å²) in [5, 5.41) is 0. The van der Waals surface area contributed by atoms with E-state index in [1.807, 2.05) is 0 Å². The van der Waals surface area contributed by atoms with E-state index < -0.39 is 11.9 Å². The molecule has 0 amide bonds. The predicted molar refractivity (Wildman–Crippen MR) is 233 cm³/mol. The highest BCUT2D eigenvalue weighted by atomic mass is 16.5. The maximum absolute atomic E-state index is 13.6. The van der Waals surface area contributed by atoms with Gasteiger partial charge < -0.3 is 19.3 Å². The number of carbonyl (C=O) groups is 2. The van der Waals surface area contributed by atoms with Crippen molar-refractivity contribution < 1.29 is 19.1 Å². The normalized spacial score (nSPS) is 12.2. The van der Waals surface area contributed by atoms with Crippen LogP contribution in [-0.2, 0) is 31.1 Å². The fourth-order valence-electron chi connectivity index (χ4n) is 6.79. The minimum atomic E-state index is -0.639. The van der Waals surface area contributed by atoms with Crippen molar-refractivity contribution in [2.24, 2.45) is 0 Å². The van der Waals surface area contributed by atoms with Gasteiger partial charge in [-0.3, -0.25) is 0 Å². The molecule has 56 heavy (non-hydrogen) atoms. The number of anilines is 6. The molecule has 0 spiro atoms. The minimum absolute atomic E-state index is 0.0572. The molecule has 0 aliphatic heterocycles. The molecule has 5 aromatic carbocycles. The molecule has 6 nitrogen and oxygen atoms in total. The zero-order chi connectivity index (χ0) is 41.4. The molecule has 0 saturated carbocycles. The van der Waals surface area contributed by atoms with E-state index in [2.05, 4.69) is 190 Å². The summed E-state index contributed by atoms with van der Waals surface area (Å²) in [4.78, 5) is 31.6. The summed E-state index contributed by atoms with van der Waals surface area (Å²) >= 11 is 0. The molecule has 6 heteroatoms. The molecule has 5 aromatic rings. The number of benzene rings is 5. The van der Waals surface area contributed by atoms with E-state index in [0.29, 0.717) is 11.4 Å². The number of hydrogen-bond acceptors (Lipinski definition) is 6. The number of nitrogens with zero attached hydrogens (tertiary/aromatic N) is 2. The first-order chi connectivity index (χ1) is 26.0. The first-order valence-corrected chi connectivity index (χ1v) is 19.4. The topological polar surface area (TPSA) is 59.1 Å². The first-order valence-electron chi connectivity index (χ1n) is 19.4. The number of ether oxygens (including phenoxy) is 2. The van der Waals surface area contributed by atoms with Crippen LogP contribution in [0.2, 0.25) is 0 Å². The van der Waals surface area contributed by atoms with Crippen molar-refractivity contribution in [1.29, 1.82) is 0 Å². The second kappa shape index (κ2) is 15.6. The summed E-state index contributed by atoms with van der Waals surface area (Å²) in [6.07, 6.45) is 0. The lowest BCUT2D eigenvalue weighted by Crippen LogP contribution is -2.21. The van der Waals surface area contributed by atoms with Crippen molar-refractivity contribution in [1.82, 2.24) is 0 Å². The van der Waals surface area contributed by atoms with Gasteiger partial charge in [-0.1, -0.05) is 132 Å². The molecular formula is C50H60N2O4. The molecule has 0 aliphatic rings. The molecule has 0 aromatic heterocycles. The van der Waals surface area contributed by atoms with Gasteiger partial charge in [0.25, 0.3) is 0 Å². The quantitative estimate of drug-likeness (QED) is 0.147. The Hall–Kier alpha value is -5.36. The van der Waals surface area contributed by atoms with E-state index in [0.717, 1.165) is 22.7 Å². The van der Waals surface area contributed by atoms with Crippen molar-refractivity contribution in [3.8, 4) is 0 Å². The highest BCUT2D eigenvalue weighted by Gasteiger charge is 2.30. The van der Waals surface area contributed by atoms with Crippen LogP contribution in [0.15, 0.2) is 109 Å². The van der Waals surface area contributed by atoms with E-state index in [9.17, 15) is 9.59 Å². The number of methoxy groups -OCH3 is 2. The minimum Gasteiger partial charge on any atom is -0.465 e. The molecule has 0 heterocycles. The van der Waals surface area contributed by atoms with Gasteiger partial charge in [-0.2, -0.15) is 0 Å². The first kappa shape index (κ1) is 41.8. The predicted octanol–water partition coefficient (Wildman–Crippen LogP) is 13.4. The average molecular weight is 753 g/mol. The fraction of sp³-hybridized carbons (Fsp3) is 0.360. The molecule has 0 saturated heterocycles. The van der Waals surface area contributed by atoms with Crippen molar-refractivity contribution in [2.45, 2.75) is 105 Å².